The van der Waals surface area contributed by atoms with Gasteiger partial charge in [-0.15, -0.1) is 0 Å². The Kier molecular flexibility index (Phi) is 7.97. The minimum absolute atomic E-state index is 0.0906. The highest BCUT2D eigenvalue weighted by molar-refractivity contribution is 6.40. The fourth-order valence-electron chi connectivity index (χ4n) is 3.73. The molecule has 1 aliphatic heterocycles. The van der Waals surface area contributed by atoms with Gasteiger partial charge in [-0.1, -0.05) is 29.3 Å². The monoisotopic (exact) mass is 531 g/mol. The number of piperidine rings is 1. The van der Waals surface area contributed by atoms with E-state index in [2.05, 4.69) is 20.8 Å². The van der Waals surface area contributed by atoms with Gasteiger partial charge >= 0.3 is 6.09 Å². The van der Waals surface area contributed by atoms with Gasteiger partial charge in [-0.2, -0.15) is 5.10 Å². The summed E-state index contributed by atoms with van der Waals surface area (Å²) in [7, 11) is 1.56. The summed E-state index contributed by atoms with van der Waals surface area (Å²) < 4.78 is 10.5. The Morgan fingerprint density at radius 2 is 1.64 bits per heavy atom. The van der Waals surface area contributed by atoms with Crippen molar-refractivity contribution in [1.82, 2.24) is 20.4 Å². The number of methoxy groups -OCH3 is 1. The van der Waals surface area contributed by atoms with Crippen molar-refractivity contribution < 1.29 is 23.9 Å². The third kappa shape index (κ3) is 5.89. The molecule has 10 nitrogen and oxygen atoms in total. The van der Waals surface area contributed by atoms with Crippen LogP contribution < -0.4 is 20.1 Å². The van der Waals surface area contributed by atoms with Gasteiger partial charge in [-0.3, -0.25) is 14.7 Å². The molecule has 1 fully saturated rings. The molecule has 0 bridgehead atoms. The first-order valence-corrected chi connectivity index (χ1v) is 11.8. The van der Waals surface area contributed by atoms with Gasteiger partial charge in [0.25, 0.3) is 11.8 Å². The van der Waals surface area contributed by atoms with Crippen LogP contribution in [0.4, 0.5) is 10.5 Å². The van der Waals surface area contributed by atoms with Crippen LogP contribution in [0.5, 0.6) is 11.5 Å². The molecule has 0 atom stereocenters. The van der Waals surface area contributed by atoms with Crippen LogP contribution in [0.15, 0.2) is 48.7 Å². The van der Waals surface area contributed by atoms with E-state index in [0.717, 1.165) is 0 Å². The SMILES string of the molecule is COc1ccc(OC(=O)N2CCC(NC(=O)c3[nH]ncc3NC(=O)c3c(Cl)cccc3Cl)CC2)cc1. The molecule has 0 saturated carbocycles. The average Bonchev–Trinajstić information content (AvgIpc) is 3.33. The van der Waals surface area contributed by atoms with Crippen molar-refractivity contribution in [2.75, 3.05) is 25.5 Å². The molecule has 1 saturated heterocycles. The molecular formula is C24H23Cl2N5O5. The summed E-state index contributed by atoms with van der Waals surface area (Å²) in [6.07, 6.45) is 1.94. The molecule has 3 N–H and O–H groups in total. The Bertz CT molecular complexity index is 1240. The second-order valence-corrected chi connectivity index (χ2v) is 8.80. The molecule has 188 valence electrons. The topological polar surface area (TPSA) is 126 Å². The van der Waals surface area contributed by atoms with Gasteiger partial charge in [0.15, 0.2) is 0 Å². The fraction of sp³-hybridized carbons (Fsp3) is 0.250. The van der Waals surface area contributed by atoms with E-state index in [1.165, 1.54) is 6.20 Å². The van der Waals surface area contributed by atoms with Crippen molar-refractivity contribution in [3.8, 4) is 11.5 Å². The van der Waals surface area contributed by atoms with E-state index in [1.807, 2.05) is 0 Å². The van der Waals surface area contributed by atoms with Crippen LogP contribution in [-0.4, -0.2) is 59.2 Å². The number of halogens is 2. The maximum atomic E-state index is 12.9. The number of anilines is 1. The molecule has 2 heterocycles. The molecule has 0 radical (unpaired) electrons. The number of nitrogens with zero attached hydrogens (tertiary/aromatic N) is 2. The van der Waals surface area contributed by atoms with E-state index < -0.39 is 17.9 Å². The smallest absolute Gasteiger partial charge is 0.415 e. The Hall–Kier alpha value is -3.76. The fourth-order valence-corrected chi connectivity index (χ4v) is 4.30. The maximum absolute atomic E-state index is 12.9. The quantitative estimate of drug-likeness (QED) is 0.433. The van der Waals surface area contributed by atoms with Crippen molar-refractivity contribution in [3.05, 3.63) is 70.0 Å². The number of hydrogen-bond acceptors (Lipinski definition) is 6. The zero-order valence-corrected chi connectivity index (χ0v) is 20.7. The normalized spacial score (nSPS) is 13.7. The number of amides is 3. The average molecular weight is 532 g/mol. The summed E-state index contributed by atoms with van der Waals surface area (Å²) in [5.74, 6) is 0.0826. The Morgan fingerprint density at radius 1 is 1.00 bits per heavy atom. The largest absolute Gasteiger partial charge is 0.497 e. The summed E-state index contributed by atoms with van der Waals surface area (Å²) in [5.41, 5.74) is 0.379. The molecule has 0 unspecified atom stereocenters. The second-order valence-electron chi connectivity index (χ2n) is 7.99. The Morgan fingerprint density at radius 3 is 2.28 bits per heavy atom. The molecule has 3 aromatic rings. The Balaban J connectivity index is 1.30. The first-order valence-electron chi connectivity index (χ1n) is 11.1. The number of hydrogen-bond donors (Lipinski definition) is 3. The maximum Gasteiger partial charge on any atom is 0.415 e. The van der Waals surface area contributed by atoms with E-state index in [9.17, 15) is 14.4 Å². The minimum Gasteiger partial charge on any atom is -0.497 e. The van der Waals surface area contributed by atoms with Crippen molar-refractivity contribution in [2.45, 2.75) is 18.9 Å². The molecule has 36 heavy (non-hydrogen) atoms. The number of carbonyl (C=O) groups is 3. The first-order chi connectivity index (χ1) is 17.4. The lowest BCUT2D eigenvalue weighted by atomic mass is 10.1. The minimum atomic E-state index is -0.565. The van der Waals surface area contributed by atoms with Crippen molar-refractivity contribution in [3.63, 3.8) is 0 Å². The molecule has 1 aliphatic rings. The third-order valence-electron chi connectivity index (χ3n) is 5.66. The Labute approximate surface area is 216 Å². The molecule has 4 rings (SSSR count). The van der Waals surface area contributed by atoms with Crippen LogP contribution in [0.1, 0.15) is 33.7 Å². The van der Waals surface area contributed by atoms with E-state index in [-0.39, 0.29) is 33.0 Å². The molecule has 2 aromatic carbocycles. The highest BCUT2D eigenvalue weighted by Crippen LogP contribution is 2.26. The van der Waals surface area contributed by atoms with Crippen LogP contribution in [0.3, 0.4) is 0 Å². The standard InChI is InChI=1S/C24H23Cl2N5O5/c1-35-15-5-7-16(8-6-15)36-24(34)31-11-9-14(10-12-31)28-23(33)21-19(13-27-30-21)29-22(32)20-17(25)3-2-4-18(20)26/h2-8,13-14H,9-12H2,1H3,(H,27,30)(H,28,33)(H,29,32). The predicted molar refractivity (Wildman–Crippen MR) is 134 cm³/mol. The molecule has 0 spiro atoms. The van der Waals surface area contributed by atoms with Gasteiger partial charge in [0.2, 0.25) is 0 Å². The number of carbonyl (C=O) groups excluding carboxylic acids is 3. The summed E-state index contributed by atoms with van der Waals surface area (Å²) in [5, 5.41) is 12.4. The number of benzene rings is 2. The molecule has 3 amide bonds. The lowest BCUT2D eigenvalue weighted by Crippen LogP contribution is -2.47. The lowest BCUT2D eigenvalue weighted by molar-refractivity contribution is 0.0905. The lowest BCUT2D eigenvalue weighted by Gasteiger charge is -2.31. The van der Waals surface area contributed by atoms with Crippen molar-refractivity contribution >= 4 is 46.8 Å². The third-order valence-corrected chi connectivity index (χ3v) is 6.29. The van der Waals surface area contributed by atoms with Crippen LogP contribution in [0, 0.1) is 0 Å². The van der Waals surface area contributed by atoms with Crippen LogP contribution in [-0.2, 0) is 0 Å². The molecule has 1 aromatic heterocycles. The van der Waals surface area contributed by atoms with Gasteiger partial charge in [0.1, 0.15) is 17.2 Å². The molecular weight excluding hydrogens is 509 g/mol. The number of ether oxygens (including phenoxy) is 2. The van der Waals surface area contributed by atoms with Gasteiger partial charge in [0, 0.05) is 19.1 Å². The zero-order valence-electron chi connectivity index (χ0n) is 19.2. The first kappa shape index (κ1) is 25.3. The van der Waals surface area contributed by atoms with E-state index in [4.69, 9.17) is 32.7 Å². The van der Waals surface area contributed by atoms with Gasteiger partial charge in [-0.05, 0) is 49.2 Å². The van der Waals surface area contributed by atoms with Gasteiger partial charge in [-0.25, -0.2) is 4.79 Å². The zero-order chi connectivity index (χ0) is 25.7. The summed E-state index contributed by atoms with van der Waals surface area (Å²) in [6.45, 7) is 0.828. The highest BCUT2D eigenvalue weighted by Gasteiger charge is 2.27. The van der Waals surface area contributed by atoms with Gasteiger partial charge < -0.3 is 25.0 Å². The number of likely N-dealkylation sites (tertiary alicyclic amines) is 1. The van der Waals surface area contributed by atoms with Gasteiger partial charge in [0.05, 0.1) is 34.6 Å². The van der Waals surface area contributed by atoms with Crippen molar-refractivity contribution in [1.29, 1.82) is 0 Å². The number of aromatic amines is 1. The molecule has 12 heteroatoms. The summed E-state index contributed by atoms with van der Waals surface area (Å²) >= 11 is 12.2. The number of aromatic nitrogens is 2. The van der Waals surface area contributed by atoms with E-state index in [1.54, 1.807) is 54.5 Å². The predicted octanol–water partition coefficient (Wildman–Crippen LogP) is 4.37. The summed E-state index contributed by atoms with van der Waals surface area (Å²) in [4.78, 5) is 39.6. The number of nitrogens with one attached hydrogen (secondary N) is 3. The van der Waals surface area contributed by atoms with Crippen LogP contribution in [0.2, 0.25) is 10.0 Å². The van der Waals surface area contributed by atoms with Crippen LogP contribution in [0.25, 0.3) is 0 Å². The number of rotatable bonds is 6. The highest BCUT2D eigenvalue weighted by atomic mass is 35.5. The second kappa shape index (κ2) is 11.3. The van der Waals surface area contributed by atoms with Crippen LogP contribution >= 0.6 is 23.2 Å². The molecule has 0 aliphatic carbocycles. The summed E-state index contributed by atoms with van der Waals surface area (Å²) in [6, 6.07) is 11.3. The van der Waals surface area contributed by atoms with Crippen molar-refractivity contribution in [2.24, 2.45) is 0 Å². The van der Waals surface area contributed by atoms with E-state index in [0.29, 0.717) is 37.4 Å². The van der Waals surface area contributed by atoms with E-state index >= 15 is 0 Å². The number of H-pyrrole nitrogens is 1.